The maximum Gasteiger partial charge on any atom is 0.331 e. The number of carbonyl (C=O) groups is 2. The summed E-state index contributed by atoms with van der Waals surface area (Å²) < 4.78 is 5.90. The van der Waals surface area contributed by atoms with Gasteiger partial charge in [0, 0.05) is 17.1 Å². The van der Waals surface area contributed by atoms with Gasteiger partial charge in [-0.1, -0.05) is 34.1 Å². The molecule has 0 fully saturated rings. The topological polar surface area (TPSA) is 55.4 Å². The van der Waals surface area contributed by atoms with E-state index < -0.39 is 12.1 Å². The third-order valence-electron chi connectivity index (χ3n) is 2.34. The van der Waals surface area contributed by atoms with E-state index in [0.717, 1.165) is 10.0 Å². The third-order valence-corrected chi connectivity index (χ3v) is 2.84. The zero-order valence-electron chi connectivity index (χ0n) is 11.1. The van der Waals surface area contributed by atoms with E-state index in [2.05, 4.69) is 27.8 Å². The van der Waals surface area contributed by atoms with Crippen LogP contribution in [-0.4, -0.2) is 24.5 Å². The molecule has 0 aliphatic heterocycles. The number of esters is 1. The van der Waals surface area contributed by atoms with Crippen molar-refractivity contribution in [3.8, 4) is 0 Å². The summed E-state index contributed by atoms with van der Waals surface area (Å²) in [5.74, 6) is -0.916. The predicted molar refractivity (Wildman–Crippen MR) is 81.9 cm³/mol. The molecule has 0 aliphatic rings. The minimum Gasteiger partial charge on any atom is -0.449 e. The van der Waals surface area contributed by atoms with Crippen LogP contribution in [-0.2, 0) is 14.3 Å². The lowest BCUT2D eigenvalue weighted by Crippen LogP contribution is -2.35. The maximum atomic E-state index is 11.6. The van der Waals surface area contributed by atoms with Crippen molar-refractivity contribution in [2.75, 3.05) is 6.54 Å². The van der Waals surface area contributed by atoms with Crippen LogP contribution < -0.4 is 5.32 Å². The van der Waals surface area contributed by atoms with Crippen molar-refractivity contribution in [2.24, 2.45) is 0 Å². The smallest absolute Gasteiger partial charge is 0.331 e. The third kappa shape index (κ3) is 5.84. The Kier molecular flexibility index (Phi) is 6.73. The van der Waals surface area contributed by atoms with E-state index in [4.69, 9.17) is 4.74 Å². The molecule has 1 rings (SSSR count). The van der Waals surface area contributed by atoms with Gasteiger partial charge in [0.1, 0.15) is 0 Å². The van der Waals surface area contributed by atoms with Gasteiger partial charge < -0.3 is 10.1 Å². The van der Waals surface area contributed by atoms with E-state index in [1.54, 1.807) is 12.2 Å². The Balaban J connectivity index is 2.50. The Bertz CT molecular complexity index is 526. The van der Waals surface area contributed by atoms with Gasteiger partial charge in [0.25, 0.3) is 5.91 Å². The first-order chi connectivity index (χ1) is 9.52. The molecular weight excluding hydrogens is 322 g/mol. The molecule has 1 aromatic rings. The molecule has 4 nitrogen and oxygen atoms in total. The molecule has 0 aliphatic carbocycles. The van der Waals surface area contributed by atoms with E-state index in [-0.39, 0.29) is 5.91 Å². The molecule has 0 bridgehead atoms. The molecule has 20 heavy (non-hydrogen) atoms. The average molecular weight is 338 g/mol. The Hall–Kier alpha value is -1.88. The van der Waals surface area contributed by atoms with Crippen LogP contribution in [0.25, 0.3) is 6.08 Å². The van der Waals surface area contributed by atoms with E-state index >= 15 is 0 Å². The first-order valence-electron chi connectivity index (χ1n) is 6.06. The Morgan fingerprint density at radius 2 is 2.25 bits per heavy atom. The highest BCUT2D eigenvalue weighted by Crippen LogP contribution is 2.12. The zero-order chi connectivity index (χ0) is 15.0. The fourth-order valence-electron chi connectivity index (χ4n) is 1.36. The molecule has 0 aromatic heterocycles. The van der Waals surface area contributed by atoms with Crippen LogP contribution in [0.3, 0.4) is 0 Å². The van der Waals surface area contributed by atoms with Gasteiger partial charge in [-0.05, 0) is 30.7 Å². The van der Waals surface area contributed by atoms with Crippen molar-refractivity contribution in [1.29, 1.82) is 0 Å². The van der Waals surface area contributed by atoms with Crippen molar-refractivity contribution in [1.82, 2.24) is 5.32 Å². The van der Waals surface area contributed by atoms with Crippen LogP contribution in [0, 0.1) is 0 Å². The average Bonchev–Trinajstić information content (AvgIpc) is 2.42. The van der Waals surface area contributed by atoms with Gasteiger partial charge in [-0.25, -0.2) is 4.79 Å². The minimum atomic E-state index is -0.838. The van der Waals surface area contributed by atoms with Gasteiger partial charge in [-0.3, -0.25) is 4.79 Å². The fraction of sp³-hybridized carbons (Fsp3) is 0.200. The second kappa shape index (κ2) is 8.32. The van der Waals surface area contributed by atoms with Gasteiger partial charge in [0.15, 0.2) is 6.10 Å². The number of nitrogens with one attached hydrogen (secondary N) is 1. The first-order valence-corrected chi connectivity index (χ1v) is 6.85. The minimum absolute atomic E-state index is 0.342. The Labute approximate surface area is 126 Å². The first kappa shape index (κ1) is 16.2. The molecule has 1 amide bonds. The fourth-order valence-corrected chi connectivity index (χ4v) is 1.77. The molecular formula is C15H16BrNO3. The van der Waals surface area contributed by atoms with Crippen LogP contribution in [0.4, 0.5) is 0 Å². The quantitative estimate of drug-likeness (QED) is 0.493. The van der Waals surface area contributed by atoms with Gasteiger partial charge >= 0.3 is 5.97 Å². The number of halogens is 1. The van der Waals surface area contributed by atoms with Crippen LogP contribution >= 0.6 is 15.9 Å². The number of amides is 1. The van der Waals surface area contributed by atoms with Gasteiger partial charge in [0.2, 0.25) is 0 Å². The van der Waals surface area contributed by atoms with E-state index in [1.807, 2.05) is 24.3 Å². The highest BCUT2D eigenvalue weighted by atomic mass is 79.9. The summed E-state index contributed by atoms with van der Waals surface area (Å²) >= 11 is 3.34. The summed E-state index contributed by atoms with van der Waals surface area (Å²) in [6.45, 7) is 5.34. The molecule has 1 N–H and O–H groups in total. The Morgan fingerprint density at radius 3 is 2.90 bits per heavy atom. The van der Waals surface area contributed by atoms with Crippen LogP contribution in [0.1, 0.15) is 12.5 Å². The van der Waals surface area contributed by atoms with Gasteiger partial charge in [-0.2, -0.15) is 0 Å². The SMILES string of the molecule is C=CCNC(=O)[C@@H](C)OC(=O)/C=C/c1cccc(Br)c1. The summed E-state index contributed by atoms with van der Waals surface area (Å²) in [6, 6.07) is 7.47. The highest BCUT2D eigenvalue weighted by molar-refractivity contribution is 9.10. The molecule has 0 spiro atoms. The van der Waals surface area contributed by atoms with Crippen molar-refractivity contribution >= 4 is 33.9 Å². The standard InChI is InChI=1S/C15H16BrNO3/c1-3-9-17-15(19)11(2)20-14(18)8-7-12-5-4-6-13(16)10-12/h3-8,10-11H,1,9H2,2H3,(H,17,19)/b8-7+/t11-/m1/s1. The van der Waals surface area contributed by atoms with E-state index in [1.165, 1.54) is 13.0 Å². The molecule has 0 unspecified atom stereocenters. The predicted octanol–water partition coefficient (Wildman–Crippen LogP) is 2.70. The molecule has 0 radical (unpaired) electrons. The van der Waals surface area contributed by atoms with E-state index in [9.17, 15) is 9.59 Å². The highest BCUT2D eigenvalue weighted by Gasteiger charge is 2.15. The lowest BCUT2D eigenvalue weighted by atomic mass is 10.2. The van der Waals surface area contributed by atoms with Crippen molar-refractivity contribution < 1.29 is 14.3 Å². The molecule has 0 saturated heterocycles. The normalized spacial score (nSPS) is 11.9. The zero-order valence-corrected chi connectivity index (χ0v) is 12.7. The number of hydrogen-bond donors (Lipinski definition) is 1. The second-order valence-electron chi connectivity index (χ2n) is 4.00. The second-order valence-corrected chi connectivity index (χ2v) is 4.92. The van der Waals surface area contributed by atoms with Crippen molar-refractivity contribution in [3.05, 3.63) is 53.0 Å². The summed E-state index contributed by atoms with van der Waals surface area (Å²) in [6.07, 6.45) is 3.63. The molecule has 5 heteroatoms. The number of hydrogen-bond acceptors (Lipinski definition) is 3. The Morgan fingerprint density at radius 1 is 1.50 bits per heavy atom. The van der Waals surface area contributed by atoms with E-state index in [0.29, 0.717) is 6.54 Å². The number of benzene rings is 1. The van der Waals surface area contributed by atoms with Crippen LogP contribution in [0.2, 0.25) is 0 Å². The van der Waals surface area contributed by atoms with Crippen molar-refractivity contribution in [3.63, 3.8) is 0 Å². The summed E-state index contributed by atoms with van der Waals surface area (Å²) in [7, 11) is 0. The molecule has 106 valence electrons. The molecule has 0 heterocycles. The van der Waals surface area contributed by atoms with Crippen LogP contribution in [0.15, 0.2) is 47.5 Å². The lowest BCUT2D eigenvalue weighted by Gasteiger charge is -2.10. The summed E-state index contributed by atoms with van der Waals surface area (Å²) in [5.41, 5.74) is 0.861. The summed E-state index contributed by atoms with van der Waals surface area (Å²) in [4.78, 5) is 23.1. The molecule has 0 saturated carbocycles. The number of ether oxygens (including phenoxy) is 1. The number of carbonyl (C=O) groups excluding carboxylic acids is 2. The lowest BCUT2D eigenvalue weighted by molar-refractivity contribution is -0.150. The summed E-state index contributed by atoms with van der Waals surface area (Å²) in [5, 5.41) is 2.55. The largest absolute Gasteiger partial charge is 0.449 e. The molecule has 1 atom stereocenters. The van der Waals surface area contributed by atoms with Gasteiger partial charge in [-0.15, -0.1) is 6.58 Å². The number of rotatable bonds is 6. The molecule has 1 aromatic carbocycles. The van der Waals surface area contributed by atoms with Gasteiger partial charge in [0.05, 0.1) is 0 Å². The van der Waals surface area contributed by atoms with Crippen molar-refractivity contribution in [2.45, 2.75) is 13.0 Å². The maximum absolute atomic E-state index is 11.6. The van der Waals surface area contributed by atoms with Crippen LogP contribution in [0.5, 0.6) is 0 Å². The monoisotopic (exact) mass is 337 g/mol.